The van der Waals surface area contributed by atoms with Crippen LogP contribution in [0.25, 0.3) is 0 Å². The van der Waals surface area contributed by atoms with Crippen LogP contribution in [0.5, 0.6) is 5.75 Å². The van der Waals surface area contributed by atoms with Gasteiger partial charge < -0.3 is 14.4 Å². The van der Waals surface area contributed by atoms with Gasteiger partial charge in [0.1, 0.15) is 18.4 Å². The molecule has 24 heavy (non-hydrogen) atoms. The first kappa shape index (κ1) is 16.8. The van der Waals surface area contributed by atoms with Crippen molar-refractivity contribution in [2.75, 3.05) is 36.3 Å². The topological polar surface area (TPSA) is 85.4 Å². The highest BCUT2D eigenvalue weighted by atomic mass is 32.2. The summed E-state index contributed by atoms with van der Waals surface area (Å²) in [7, 11) is -1.77. The first-order valence-corrected chi connectivity index (χ1v) is 9.48. The third kappa shape index (κ3) is 3.13. The summed E-state index contributed by atoms with van der Waals surface area (Å²) in [5.74, 6) is 0.677. The van der Waals surface area contributed by atoms with Crippen molar-refractivity contribution < 1.29 is 26.9 Å². The van der Waals surface area contributed by atoms with Crippen LogP contribution >= 0.6 is 0 Å². The van der Waals surface area contributed by atoms with Gasteiger partial charge in [-0.2, -0.15) is 8.42 Å². The molecule has 8 nitrogen and oxygen atoms in total. The Kier molecular flexibility index (Phi) is 4.31. The molecule has 0 N–H and O–H groups in total. The number of hydrogen-bond acceptors (Lipinski definition) is 7. The molecule has 2 aliphatic rings. The summed E-state index contributed by atoms with van der Waals surface area (Å²) in [5, 5.41) is 0. The molecule has 0 spiro atoms. The van der Waals surface area contributed by atoms with Crippen LogP contribution in [0.15, 0.2) is 18.2 Å². The molecule has 3 rings (SSSR count). The normalized spacial score (nSPS) is 23.7. The molecule has 132 valence electrons. The maximum absolute atomic E-state index is 12.3. The lowest BCUT2D eigenvalue weighted by atomic mass is 10.1. The van der Waals surface area contributed by atoms with E-state index in [1.54, 1.807) is 12.1 Å². The van der Waals surface area contributed by atoms with E-state index in [4.69, 9.17) is 13.7 Å². The number of likely N-dealkylation sites (N-methyl/N-ethyl adjacent to an activating group) is 1. The summed E-state index contributed by atoms with van der Waals surface area (Å²) in [4.78, 5) is 15.7. The number of ether oxygens (including phenoxy) is 2. The summed E-state index contributed by atoms with van der Waals surface area (Å²) in [5.41, 5.74) is 1.52. The number of hydrogen-bond donors (Lipinski definition) is 0. The fraction of sp³-hybridized carbons (Fsp3) is 0.533. The molecule has 0 aliphatic carbocycles. The number of fused-ring (bicyclic) bond motifs is 1. The molecule has 1 aromatic carbocycles. The van der Waals surface area contributed by atoms with Gasteiger partial charge in [-0.25, -0.2) is 8.98 Å². The van der Waals surface area contributed by atoms with Crippen molar-refractivity contribution in [3.05, 3.63) is 18.2 Å². The molecular weight excluding hydrogens is 336 g/mol. The van der Waals surface area contributed by atoms with Gasteiger partial charge in [0.2, 0.25) is 6.29 Å². The van der Waals surface area contributed by atoms with E-state index < -0.39 is 28.5 Å². The van der Waals surface area contributed by atoms with Crippen molar-refractivity contribution >= 4 is 27.6 Å². The predicted molar refractivity (Wildman–Crippen MR) is 88.0 cm³/mol. The number of amides is 1. The van der Waals surface area contributed by atoms with Gasteiger partial charge in [0.25, 0.3) is 10.1 Å². The Labute approximate surface area is 141 Å². The van der Waals surface area contributed by atoms with Crippen LogP contribution in [0.1, 0.15) is 13.3 Å². The van der Waals surface area contributed by atoms with Crippen LogP contribution in [0.4, 0.5) is 16.2 Å². The lowest BCUT2D eigenvalue weighted by Crippen LogP contribution is -2.38. The molecule has 0 aromatic heterocycles. The molecule has 1 amide bonds. The number of carbonyl (C=O) groups excluding carboxylic acids is 1. The van der Waals surface area contributed by atoms with Crippen LogP contribution < -0.4 is 14.5 Å². The maximum Gasteiger partial charge on any atom is 0.417 e. The second kappa shape index (κ2) is 6.14. The Morgan fingerprint density at radius 1 is 1.38 bits per heavy atom. The number of anilines is 2. The van der Waals surface area contributed by atoms with E-state index in [1.165, 1.54) is 4.90 Å². The van der Waals surface area contributed by atoms with Crippen LogP contribution in [0.2, 0.25) is 0 Å². The monoisotopic (exact) mass is 356 g/mol. The van der Waals surface area contributed by atoms with Crippen LogP contribution in [0, 0.1) is 0 Å². The van der Waals surface area contributed by atoms with Gasteiger partial charge in [-0.05, 0) is 18.6 Å². The van der Waals surface area contributed by atoms with Gasteiger partial charge in [-0.1, -0.05) is 6.92 Å². The Hall–Kier alpha value is -2.00. The molecule has 2 heterocycles. The zero-order valence-electron chi connectivity index (χ0n) is 13.8. The Morgan fingerprint density at radius 2 is 2.12 bits per heavy atom. The molecular formula is C15H20N2O6S. The highest BCUT2D eigenvalue weighted by molar-refractivity contribution is 7.86. The van der Waals surface area contributed by atoms with Gasteiger partial charge in [-0.3, -0.25) is 4.90 Å². The van der Waals surface area contributed by atoms with Crippen molar-refractivity contribution in [3.8, 4) is 5.75 Å². The first-order valence-electron chi connectivity index (χ1n) is 7.66. The maximum atomic E-state index is 12.3. The largest absolute Gasteiger partial charge is 0.489 e. The first-order chi connectivity index (χ1) is 11.3. The van der Waals surface area contributed by atoms with E-state index >= 15 is 0 Å². The highest BCUT2D eigenvalue weighted by Crippen LogP contribution is 2.37. The molecule has 1 aromatic rings. The molecule has 0 saturated carbocycles. The molecule has 0 radical (unpaired) electrons. The quantitative estimate of drug-likeness (QED) is 0.757. The predicted octanol–water partition coefficient (Wildman–Crippen LogP) is 1.55. The van der Waals surface area contributed by atoms with Crippen molar-refractivity contribution in [3.63, 3.8) is 0 Å². The number of carbonyl (C=O) groups is 1. The zero-order valence-corrected chi connectivity index (χ0v) is 14.6. The van der Waals surface area contributed by atoms with Gasteiger partial charge in [0, 0.05) is 13.1 Å². The second-order valence-corrected chi connectivity index (χ2v) is 7.42. The molecule has 1 saturated heterocycles. The molecule has 1 unspecified atom stereocenters. The lowest BCUT2D eigenvalue weighted by Gasteiger charge is -2.29. The smallest absolute Gasteiger partial charge is 0.417 e. The zero-order chi connectivity index (χ0) is 17.5. The Bertz CT molecular complexity index is 750. The minimum atomic E-state index is -3.74. The number of nitrogens with zero attached hydrogens (tertiary/aromatic N) is 2. The van der Waals surface area contributed by atoms with Crippen molar-refractivity contribution in [1.29, 1.82) is 0 Å². The highest BCUT2D eigenvalue weighted by Gasteiger charge is 2.44. The van der Waals surface area contributed by atoms with E-state index in [-0.39, 0.29) is 0 Å². The van der Waals surface area contributed by atoms with E-state index in [2.05, 4.69) is 4.90 Å². The van der Waals surface area contributed by atoms with Crippen molar-refractivity contribution in [2.45, 2.75) is 25.7 Å². The minimum Gasteiger partial charge on any atom is -0.489 e. The van der Waals surface area contributed by atoms with E-state index in [0.29, 0.717) is 24.5 Å². The van der Waals surface area contributed by atoms with E-state index in [1.807, 2.05) is 20.0 Å². The average molecular weight is 356 g/mol. The van der Waals surface area contributed by atoms with Crippen molar-refractivity contribution in [1.82, 2.24) is 0 Å². The Morgan fingerprint density at radius 3 is 2.79 bits per heavy atom. The average Bonchev–Trinajstić information content (AvgIpc) is 2.80. The third-order valence-corrected chi connectivity index (χ3v) is 4.60. The number of cyclic esters (lactones) is 1. The third-order valence-electron chi connectivity index (χ3n) is 4.06. The van der Waals surface area contributed by atoms with Crippen molar-refractivity contribution in [2.24, 2.45) is 0 Å². The summed E-state index contributed by atoms with van der Waals surface area (Å²) >= 11 is 0. The fourth-order valence-electron chi connectivity index (χ4n) is 2.92. The lowest BCUT2D eigenvalue weighted by molar-refractivity contribution is -0.00836. The molecule has 2 atom stereocenters. The minimum absolute atomic E-state index is 0.476. The van der Waals surface area contributed by atoms with Crippen LogP contribution in [0.3, 0.4) is 0 Å². The summed E-state index contributed by atoms with van der Waals surface area (Å²) in [6.07, 6.45) is -0.389. The van der Waals surface area contributed by atoms with E-state index in [0.717, 1.165) is 18.5 Å². The van der Waals surface area contributed by atoms with Gasteiger partial charge in [0.15, 0.2) is 0 Å². The molecule has 1 fully saturated rings. The SMILES string of the molecule is CCC1[C@@H](OS(C)(=O)=O)OC(=O)N1c1ccc2c(c1)OCCN2C. The molecule has 0 bridgehead atoms. The Balaban J connectivity index is 1.92. The number of benzene rings is 1. The molecule has 9 heteroatoms. The molecule has 2 aliphatic heterocycles. The summed E-state index contributed by atoms with van der Waals surface area (Å²) in [6, 6.07) is 4.88. The van der Waals surface area contributed by atoms with Crippen LogP contribution in [-0.2, 0) is 19.0 Å². The number of rotatable bonds is 4. The summed E-state index contributed by atoms with van der Waals surface area (Å²) < 4.78 is 38.4. The van der Waals surface area contributed by atoms with Crippen LogP contribution in [-0.4, -0.2) is 53.3 Å². The van der Waals surface area contributed by atoms with Gasteiger partial charge in [0.05, 0.1) is 24.2 Å². The second-order valence-electron chi connectivity index (χ2n) is 5.82. The van der Waals surface area contributed by atoms with E-state index in [9.17, 15) is 13.2 Å². The standard InChI is InChI=1S/C15H20N2O6S/c1-4-11-14(23-24(3,19)20)22-15(18)17(11)10-5-6-12-13(9-10)21-8-7-16(12)2/h5-6,9,11,14H,4,7-8H2,1-3H3/t11?,14-/m1/s1. The summed E-state index contributed by atoms with van der Waals surface area (Å²) in [6.45, 7) is 3.19. The fourth-order valence-corrected chi connectivity index (χ4v) is 3.43. The van der Waals surface area contributed by atoms with Gasteiger partial charge in [-0.15, -0.1) is 0 Å². The van der Waals surface area contributed by atoms with Gasteiger partial charge >= 0.3 is 6.09 Å².